The zero-order valence-electron chi connectivity index (χ0n) is 13.1. The van der Waals surface area contributed by atoms with Crippen LogP contribution in [0.3, 0.4) is 0 Å². The summed E-state index contributed by atoms with van der Waals surface area (Å²) >= 11 is 0. The van der Waals surface area contributed by atoms with Crippen molar-refractivity contribution in [2.75, 3.05) is 7.11 Å². The van der Waals surface area contributed by atoms with Gasteiger partial charge in [0.25, 0.3) is 0 Å². The highest BCUT2D eigenvalue weighted by Crippen LogP contribution is 2.24. The second-order valence-corrected chi connectivity index (χ2v) is 5.34. The standard InChI is InChI=1S/C16H16N6O/c1-10-13-15(19-14(18-13)16-17-8-9-21(16)2)22(20-10)11-4-6-12(23-3)7-5-11/h4-9H,1-3H3,(H,18,19). The van der Waals surface area contributed by atoms with E-state index in [2.05, 4.69) is 20.1 Å². The van der Waals surface area contributed by atoms with Crippen molar-refractivity contribution in [3.8, 4) is 23.1 Å². The summed E-state index contributed by atoms with van der Waals surface area (Å²) in [6.45, 7) is 1.96. The van der Waals surface area contributed by atoms with Crippen molar-refractivity contribution in [2.45, 2.75) is 6.92 Å². The summed E-state index contributed by atoms with van der Waals surface area (Å²) in [6.07, 6.45) is 3.65. The maximum absolute atomic E-state index is 5.20. The van der Waals surface area contributed by atoms with Gasteiger partial charge in [-0.2, -0.15) is 5.10 Å². The van der Waals surface area contributed by atoms with E-state index in [1.54, 1.807) is 13.3 Å². The lowest BCUT2D eigenvalue weighted by Crippen LogP contribution is -1.98. The van der Waals surface area contributed by atoms with Gasteiger partial charge >= 0.3 is 0 Å². The fraction of sp³-hybridized carbons (Fsp3) is 0.188. The Morgan fingerprint density at radius 1 is 1.17 bits per heavy atom. The van der Waals surface area contributed by atoms with E-state index in [9.17, 15) is 0 Å². The number of nitrogens with one attached hydrogen (secondary N) is 1. The Morgan fingerprint density at radius 3 is 2.61 bits per heavy atom. The summed E-state index contributed by atoms with van der Waals surface area (Å²) in [4.78, 5) is 12.3. The number of aryl methyl sites for hydroxylation is 2. The van der Waals surface area contributed by atoms with Gasteiger partial charge in [0.05, 0.1) is 18.5 Å². The molecule has 0 spiro atoms. The molecule has 0 unspecified atom stereocenters. The molecule has 7 heteroatoms. The van der Waals surface area contributed by atoms with Gasteiger partial charge in [-0.3, -0.25) is 0 Å². The zero-order valence-corrected chi connectivity index (χ0v) is 13.1. The Hall–Kier alpha value is -3.09. The van der Waals surface area contributed by atoms with Crippen molar-refractivity contribution in [3.05, 3.63) is 42.4 Å². The number of nitrogens with zero attached hydrogens (tertiary/aromatic N) is 5. The molecule has 0 saturated carbocycles. The third-order valence-corrected chi connectivity index (χ3v) is 3.85. The van der Waals surface area contributed by atoms with Gasteiger partial charge in [0.1, 0.15) is 11.3 Å². The number of fused-ring (bicyclic) bond motifs is 1. The molecular weight excluding hydrogens is 292 g/mol. The van der Waals surface area contributed by atoms with Crippen LogP contribution in [-0.4, -0.2) is 36.4 Å². The van der Waals surface area contributed by atoms with E-state index >= 15 is 0 Å². The molecular formula is C16H16N6O. The normalized spacial score (nSPS) is 11.3. The van der Waals surface area contributed by atoms with Crippen LogP contribution in [0.2, 0.25) is 0 Å². The highest BCUT2D eigenvalue weighted by atomic mass is 16.5. The lowest BCUT2D eigenvalue weighted by Gasteiger charge is -2.03. The number of aromatic nitrogens is 6. The second-order valence-electron chi connectivity index (χ2n) is 5.34. The Morgan fingerprint density at radius 2 is 1.96 bits per heavy atom. The minimum atomic E-state index is 0.732. The third kappa shape index (κ3) is 2.09. The Labute approximate surface area is 132 Å². The number of methoxy groups -OCH3 is 1. The molecule has 0 amide bonds. The van der Waals surface area contributed by atoms with Crippen LogP contribution in [0.4, 0.5) is 0 Å². The molecule has 4 aromatic rings. The largest absolute Gasteiger partial charge is 0.497 e. The average molecular weight is 308 g/mol. The van der Waals surface area contributed by atoms with Gasteiger partial charge in [-0.25, -0.2) is 14.6 Å². The van der Waals surface area contributed by atoms with E-state index in [1.165, 1.54) is 0 Å². The second kappa shape index (κ2) is 4.98. The molecule has 7 nitrogen and oxygen atoms in total. The van der Waals surface area contributed by atoms with Crippen molar-refractivity contribution in [1.29, 1.82) is 0 Å². The molecule has 4 rings (SSSR count). The molecule has 0 bridgehead atoms. The molecule has 0 radical (unpaired) electrons. The third-order valence-electron chi connectivity index (χ3n) is 3.85. The first-order valence-corrected chi connectivity index (χ1v) is 7.25. The fourth-order valence-corrected chi connectivity index (χ4v) is 2.62. The smallest absolute Gasteiger partial charge is 0.181 e. The van der Waals surface area contributed by atoms with Gasteiger partial charge in [0.2, 0.25) is 0 Å². The van der Waals surface area contributed by atoms with Crippen LogP contribution in [0.1, 0.15) is 5.69 Å². The van der Waals surface area contributed by atoms with Crippen LogP contribution in [-0.2, 0) is 7.05 Å². The average Bonchev–Trinajstić information content (AvgIpc) is 3.24. The van der Waals surface area contributed by atoms with Gasteiger partial charge in [-0.15, -0.1) is 0 Å². The van der Waals surface area contributed by atoms with E-state index in [1.807, 2.05) is 53.7 Å². The molecule has 3 heterocycles. The molecule has 1 N–H and O–H groups in total. The highest BCUT2D eigenvalue weighted by Gasteiger charge is 2.17. The predicted molar refractivity (Wildman–Crippen MR) is 86.7 cm³/mol. The number of hydrogen-bond acceptors (Lipinski definition) is 4. The first kappa shape index (κ1) is 13.6. The van der Waals surface area contributed by atoms with Crippen molar-refractivity contribution >= 4 is 11.2 Å². The Kier molecular flexibility index (Phi) is 2.94. The molecule has 23 heavy (non-hydrogen) atoms. The minimum absolute atomic E-state index is 0.732. The van der Waals surface area contributed by atoms with Crippen LogP contribution in [0, 0.1) is 6.92 Å². The molecule has 0 aliphatic heterocycles. The summed E-state index contributed by atoms with van der Waals surface area (Å²) in [7, 11) is 3.59. The van der Waals surface area contributed by atoms with E-state index in [0.29, 0.717) is 0 Å². The van der Waals surface area contributed by atoms with Gasteiger partial charge in [-0.1, -0.05) is 0 Å². The van der Waals surface area contributed by atoms with E-state index in [-0.39, 0.29) is 0 Å². The summed E-state index contributed by atoms with van der Waals surface area (Å²) in [5.41, 5.74) is 3.52. The van der Waals surface area contributed by atoms with Gasteiger partial charge in [0.15, 0.2) is 17.3 Å². The van der Waals surface area contributed by atoms with Crippen LogP contribution in [0.25, 0.3) is 28.5 Å². The predicted octanol–water partition coefficient (Wildman–Crippen LogP) is 2.47. The van der Waals surface area contributed by atoms with Crippen LogP contribution in [0.15, 0.2) is 36.7 Å². The number of hydrogen-bond donors (Lipinski definition) is 1. The Bertz CT molecular complexity index is 976. The SMILES string of the molecule is COc1ccc(-n2nc(C)c3[nH]c(-c4nccn4C)nc32)cc1. The number of rotatable bonds is 3. The van der Waals surface area contributed by atoms with E-state index in [0.717, 1.165) is 39.9 Å². The Balaban J connectivity index is 1.87. The van der Waals surface area contributed by atoms with E-state index < -0.39 is 0 Å². The monoisotopic (exact) mass is 308 g/mol. The van der Waals surface area contributed by atoms with E-state index in [4.69, 9.17) is 4.74 Å². The summed E-state index contributed by atoms with van der Waals surface area (Å²) in [6, 6.07) is 7.73. The van der Waals surface area contributed by atoms with Crippen LogP contribution >= 0.6 is 0 Å². The molecule has 1 aromatic carbocycles. The topological polar surface area (TPSA) is 73.6 Å². The number of H-pyrrole nitrogens is 1. The lowest BCUT2D eigenvalue weighted by molar-refractivity contribution is 0.414. The molecule has 0 saturated heterocycles. The van der Waals surface area contributed by atoms with Crippen molar-refractivity contribution in [3.63, 3.8) is 0 Å². The van der Waals surface area contributed by atoms with Crippen molar-refractivity contribution in [2.24, 2.45) is 7.05 Å². The van der Waals surface area contributed by atoms with Crippen molar-refractivity contribution < 1.29 is 4.74 Å². The summed E-state index contributed by atoms with van der Waals surface area (Å²) < 4.78 is 8.96. The number of aromatic amines is 1. The van der Waals surface area contributed by atoms with Gasteiger partial charge in [-0.05, 0) is 31.2 Å². The molecule has 0 aliphatic carbocycles. The molecule has 116 valence electrons. The molecule has 0 aliphatic rings. The van der Waals surface area contributed by atoms with Gasteiger partial charge < -0.3 is 14.3 Å². The summed E-state index contributed by atoms with van der Waals surface area (Å²) in [5, 5.41) is 4.58. The maximum Gasteiger partial charge on any atom is 0.181 e. The quantitative estimate of drug-likeness (QED) is 0.631. The zero-order chi connectivity index (χ0) is 16.0. The lowest BCUT2D eigenvalue weighted by atomic mass is 10.3. The minimum Gasteiger partial charge on any atom is -0.497 e. The number of ether oxygens (including phenoxy) is 1. The van der Waals surface area contributed by atoms with Gasteiger partial charge in [0, 0.05) is 19.4 Å². The van der Waals surface area contributed by atoms with Crippen LogP contribution < -0.4 is 4.74 Å². The first-order chi connectivity index (χ1) is 11.2. The van der Waals surface area contributed by atoms with Crippen molar-refractivity contribution in [1.82, 2.24) is 29.3 Å². The number of imidazole rings is 2. The molecule has 3 aromatic heterocycles. The highest BCUT2D eigenvalue weighted by molar-refractivity contribution is 5.79. The maximum atomic E-state index is 5.20. The molecule has 0 atom stereocenters. The van der Waals surface area contributed by atoms with Crippen LogP contribution in [0.5, 0.6) is 5.75 Å². The number of benzene rings is 1. The summed E-state index contributed by atoms with van der Waals surface area (Å²) in [5.74, 6) is 2.33. The fourth-order valence-electron chi connectivity index (χ4n) is 2.62. The molecule has 0 fully saturated rings. The first-order valence-electron chi connectivity index (χ1n) is 7.25.